The number of nitrogens with zero attached hydrogens (tertiary/aromatic N) is 2. The van der Waals surface area contributed by atoms with Crippen LogP contribution in [0.5, 0.6) is 0 Å². The van der Waals surface area contributed by atoms with Crippen molar-refractivity contribution in [1.82, 2.24) is 20.8 Å². The van der Waals surface area contributed by atoms with Gasteiger partial charge in [0.25, 0.3) is 0 Å². The monoisotopic (exact) mass is 376 g/mol. The van der Waals surface area contributed by atoms with E-state index in [-0.39, 0.29) is 23.9 Å². The molecule has 0 unspecified atom stereocenters. The van der Waals surface area contributed by atoms with Gasteiger partial charge in [-0.3, -0.25) is 9.59 Å². The van der Waals surface area contributed by atoms with Gasteiger partial charge >= 0.3 is 0 Å². The van der Waals surface area contributed by atoms with Crippen LogP contribution in [0.2, 0.25) is 0 Å². The molecule has 1 rings (SSSR count). The molecule has 0 bridgehead atoms. The average Bonchev–Trinajstić information content (AvgIpc) is 2.98. The Labute approximate surface area is 150 Å². The maximum Gasteiger partial charge on any atom is 0.230 e. The van der Waals surface area contributed by atoms with E-state index in [0.717, 1.165) is 21.5 Å². The number of aromatic nitrogens is 2. The zero-order chi connectivity index (χ0) is 17.2. The Morgan fingerprint density at radius 1 is 0.957 bits per heavy atom. The second kappa shape index (κ2) is 10.9. The van der Waals surface area contributed by atoms with Gasteiger partial charge in [0, 0.05) is 12.1 Å². The summed E-state index contributed by atoms with van der Waals surface area (Å²) in [5.74, 6) is 0.666. The van der Waals surface area contributed by atoms with Crippen LogP contribution < -0.4 is 10.6 Å². The number of thioether (sulfide) groups is 2. The molecule has 0 aromatic carbocycles. The number of carbonyl (C=O) groups excluding carboxylic acids is 2. The van der Waals surface area contributed by atoms with Crippen LogP contribution in [0.4, 0.5) is 0 Å². The van der Waals surface area contributed by atoms with Gasteiger partial charge in [-0.1, -0.05) is 48.7 Å². The van der Waals surface area contributed by atoms with E-state index in [1.54, 1.807) is 0 Å². The van der Waals surface area contributed by atoms with Crippen LogP contribution in [0.25, 0.3) is 0 Å². The lowest BCUT2D eigenvalue weighted by Gasteiger charge is -2.10. The minimum absolute atomic E-state index is 0.00156. The van der Waals surface area contributed by atoms with E-state index in [0.29, 0.717) is 11.5 Å². The average molecular weight is 377 g/mol. The lowest BCUT2D eigenvalue weighted by atomic mass is 10.3. The van der Waals surface area contributed by atoms with Crippen LogP contribution in [-0.4, -0.2) is 45.6 Å². The van der Waals surface area contributed by atoms with Crippen molar-refractivity contribution in [2.75, 3.05) is 11.5 Å². The SMILES string of the molecule is CC[C@@H](C)NC(=O)CSc1nnc(SCC(=O)N[C@@H](C)CC)s1. The fraction of sp³-hybridized carbons (Fsp3) is 0.714. The molecule has 0 saturated heterocycles. The highest BCUT2D eigenvalue weighted by Gasteiger charge is 2.12. The molecule has 0 spiro atoms. The second-order valence-corrected chi connectivity index (χ2v) is 8.59. The summed E-state index contributed by atoms with van der Waals surface area (Å²) in [6.07, 6.45) is 1.82. The summed E-state index contributed by atoms with van der Waals surface area (Å²) in [7, 11) is 0. The third kappa shape index (κ3) is 8.57. The molecule has 23 heavy (non-hydrogen) atoms. The van der Waals surface area contributed by atoms with Crippen molar-refractivity contribution in [2.45, 2.75) is 61.3 Å². The van der Waals surface area contributed by atoms with Gasteiger partial charge in [-0.15, -0.1) is 10.2 Å². The molecule has 1 heterocycles. The van der Waals surface area contributed by atoms with Crippen LogP contribution in [-0.2, 0) is 9.59 Å². The van der Waals surface area contributed by atoms with Gasteiger partial charge in [-0.25, -0.2) is 0 Å². The van der Waals surface area contributed by atoms with Crippen molar-refractivity contribution in [1.29, 1.82) is 0 Å². The molecule has 6 nitrogen and oxygen atoms in total. The van der Waals surface area contributed by atoms with E-state index in [9.17, 15) is 9.59 Å². The van der Waals surface area contributed by atoms with Crippen LogP contribution >= 0.6 is 34.9 Å². The largest absolute Gasteiger partial charge is 0.353 e. The third-order valence-corrected chi connectivity index (χ3v) is 6.27. The Balaban J connectivity index is 2.32. The third-order valence-electron chi connectivity index (χ3n) is 3.08. The molecule has 0 aliphatic heterocycles. The quantitative estimate of drug-likeness (QED) is 0.611. The fourth-order valence-electron chi connectivity index (χ4n) is 1.41. The maximum atomic E-state index is 11.7. The summed E-state index contributed by atoms with van der Waals surface area (Å²) in [5, 5.41) is 13.9. The second-order valence-electron chi connectivity index (χ2n) is 5.16. The Kier molecular flexibility index (Phi) is 9.57. The van der Waals surface area contributed by atoms with E-state index >= 15 is 0 Å². The first kappa shape index (κ1) is 20.2. The molecule has 9 heteroatoms. The summed E-state index contributed by atoms with van der Waals surface area (Å²) in [6, 6.07) is 0.375. The normalized spacial score (nSPS) is 13.4. The van der Waals surface area contributed by atoms with E-state index < -0.39 is 0 Å². The molecule has 0 fully saturated rings. The van der Waals surface area contributed by atoms with Gasteiger partial charge in [0.1, 0.15) is 0 Å². The zero-order valence-corrected chi connectivity index (χ0v) is 16.4. The van der Waals surface area contributed by atoms with Crippen LogP contribution in [0.1, 0.15) is 40.5 Å². The number of rotatable bonds is 10. The summed E-state index contributed by atoms with van der Waals surface area (Å²) in [5.41, 5.74) is 0. The molecule has 130 valence electrons. The molecule has 0 saturated carbocycles. The molecule has 0 aliphatic carbocycles. The molecule has 2 N–H and O–H groups in total. The fourth-order valence-corrected chi connectivity index (χ4v) is 4.05. The number of hydrogen-bond donors (Lipinski definition) is 2. The van der Waals surface area contributed by atoms with E-state index in [1.807, 2.05) is 27.7 Å². The first-order valence-electron chi connectivity index (χ1n) is 7.62. The van der Waals surface area contributed by atoms with Gasteiger partial charge in [0.05, 0.1) is 11.5 Å². The molecular weight excluding hydrogens is 352 g/mol. The van der Waals surface area contributed by atoms with Crippen molar-refractivity contribution >= 4 is 46.7 Å². The summed E-state index contributed by atoms with van der Waals surface area (Å²) in [6.45, 7) is 8.02. The highest BCUT2D eigenvalue weighted by molar-refractivity contribution is 8.03. The molecule has 0 radical (unpaired) electrons. The number of carbonyl (C=O) groups is 2. The van der Waals surface area contributed by atoms with Crippen molar-refractivity contribution in [3.63, 3.8) is 0 Å². The smallest absolute Gasteiger partial charge is 0.230 e. The first-order chi connectivity index (χ1) is 10.9. The standard InChI is InChI=1S/C14H24N4O2S3/c1-5-9(3)15-11(19)7-21-13-17-18-14(23-13)22-8-12(20)16-10(4)6-2/h9-10H,5-8H2,1-4H3,(H,15,19)(H,16,20)/t9-,10+. The summed E-state index contributed by atoms with van der Waals surface area (Å²) >= 11 is 4.15. The topological polar surface area (TPSA) is 84.0 Å². The minimum atomic E-state index is 0.00156. The van der Waals surface area contributed by atoms with Gasteiger partial charge in [-0.2, -0.15) is 0 Å². The number of hydrogen-bond acceptors (Lipinski definition) is 7. The highest BCUT2D eigenvalue weighted by atomic mass is 32.2. The van der Waals surface area contributed by atoms with E-state index in [4.69, 9.17) is 0 Å². The summed E-state index contributed by atoms with van der Waals surface area (Å²) in [4.78, 5) is 23.4. The predicted octanol–water partition coefficient (Wildman–Crippen LogP) is 2.55. The van der Waals surface area contributed by atoms with Crippen LogP contribution in [0.3, 0.4) is 0 Å². The minimum Gasteiger partial charge on any atom is -0.353 e. The van der Waals surface area contributed by atoms with Crippen LogP contribution in [0.15, 0.2) is 8.68 Å². The van der Waals surface area contributed by atoms with E-state index in [1.165, 1.54) is 34.9 Å². The molecule has 1 aromatic heterocycles. The Hall–Kier alpha value is -0.800. The Morgan fingerprint density at radius 3 is 1.70 bits per heavy atom. The first-order valence-corrected chi connectivity index (χ1v) is 10.4. The molecule has 2 amide bonds. The van der Waals surface area contributed by atoms with Gasteiger partial charge < -0.3 is 10.6 Å². The summed E-state index contributed by atoms with van der Waals surface area (Å²) < 4.78 is 1.49. The lowest BCUT2D eigenvalue weighted by Crippen LogP contribution is -2.33. The molecule has 1 aromatic rings. The Morgan fingerprint density at radius 2 is 1.35 bits per heavy atom. The van der Waals surface area contributed by atoms with Crippen LogP contribution in [0, 0.1) is 0 Å². The molecule has 2 atom stereocenters. The molecular formula is C14H24N4O2S3. The highest BCUT2D eigenvalue weighted by Crippen LogP contribution is 2.28. The van der Waals surface area contributed by atoms with Crippen molar-refractivity contribution in [3.8, 4) is 0 Å². The maximum absolute atomic E-state index is 11.7. The number of amides is 2. The Bertz CT molecular complexity index is 467. The lowest BCUT2D eigenvalue weighted by molar-refractivity contribution is -0.120. The molecule has 0 aliphatic rings. The number of nitrogens with one attached hydrogen (secondary N) is 2. The zero-order valence-electron chi connectivity index (χ0n) is 13.9. The van der Waals surface area contributed by atoms with Crippen molar-refractivity contribution in [3.05, 3.63) is 0 Å². The van der Waals surface area contributed by atoms with Gasteiger partial charge in [0.2, 0.25) is 11.8 Å². The van der Waals surface area contributed by atoms with E-state index in [2.05, 4.69) is 20.8 Å². The van der Waals surface area contributed by atoms with Gasteiger partial charge in [0.15, 0.2) is 8.68 Å². The van der Waals surface area contributed by atoms with Crippen molar-refractivity contribution < 1.29 is 9.59 Å². The van der Waals surface area contributed by atoms with Gasteiger partial charge in [-0.05, 0) is 26.7 Å². The van der Waals surface area contributed by atoms with Crippen molar-refractivity contribution in [2.24, 2.45) is 0 Å². The predicted molar refractivity (Wildman–Crippen MR) is 97.1 cm³/mol.